The number of hydrogen-bond donors (Lipinski definition) is 1. The van der Waals surface area contributed by atoms with E-state index in [1.807, 2.05) is 11.8 Å². The molecular formula is C10H18N2S2. The largest absolute Gasteiger partial charge is 0.330 e. The molecule has 0 saturated carbocycles. The zero-order valence-corrected chi connectivity index (χ0v) is 10.5. The molecule has 0 spiro atoms. The Morgan fingerprint density at radius 3 is 3.00 bits per heavy atom. The van der Waals surface area contributed by atoms with Gasteiger partial charge >= 0.3 is 0 Å². The first-order chi connectivity index (χ1) is 6.76. The molecule has 0 aliphatic heterocycles. The molecule has 1 aromatic rings. The van der Waals surface area contributed by atoms with E-state index in [4.69, 9.17) is 5.73 Å². The second kappa shape index (κ2) is 6.43. The Kier molecular flexibility index (Phi) is 5.52. The molecule has 1 unspecified atom stereocenters. The average molecular weight is 230 g/mol. The van der Waals surface area contributed by atoms with Gasteiger partial charge in [-0.25, -0.2) is 4.98 Å². The van der Waals surface area contributed by atoms with Crippen LogP contribution in [0.1, 0.15) is 24.5 Å². The third-order valence-electron chi connectivity index (χ3n) is 1.96. The van der Waals surface area contributed by atoms with Crippen LogP contribution < -0.4 is 5.73 Å². The summed E-state index contributed by atoms with van der Waals surface area (Å²) in [6, 6.07) is 0. The van der Waals surface area contributed by atoms with Gasteiger partial charge in [0, 0.05) is 11.1 Å². The molecule has 0 radical (unpaired) electrons. The Hall–Kier alpha value is -0.0600. The van der Waals surface area contributed by atoms with Crippen molar-refractivity contribution in [3.63, 3.8) is 0 Å². The molecule has 1 atom stereocenters. The molecule has 0 bridgehead atoms. The van der Waals surface area contributed by atoms with Crippen LogP contribution in [0.2, 0.25) is 0 Å². The van der Waals surface area contributed by atoms with Crippen LogP contribution in [0.25, 0.3) is 0 Å². The minimum atomic E-state index is 0.615. The Morgan fingerprint density at radius 2 is 2.43 bits per heavy atom. The van der Waals surface area contributed by atoms with Crippen LogP contribution >= 0.6 is 23.1 Å². The van der Waals surface area contributed by atoms with Gasteiger partial charge in [0.15, 0.2) is 0 Å². The lowest BCUT2D eigenvalue weighted by atomic mass is 10.2. The smallest absolute Gasteiger partial charge is 0.0925 e. The summed E-state index contributed by atoms with van der Waals surface area (Å²) in [6.45, 7) is 5.11. The van der Waals surface area contributed by atoms with E-state index in [2.05, 4.69) is 24.2 Å². The minimum Gasteiger partial charge on any atom is -0.330 e. The van der Waals surface area contributed by atoms with Crippen molar-refractivity contribution in [2.75, 3.05) is 12.3 Å². The molecule has 14 heavy (non-hydrogen) atoms. The summed E-state index contributed by atoms with van der Waals surface area (Å²) in [5, 5.41) is 3.41. The van der Waals surface area contributed by atoms with E-state index < -0.39 is 0 Å². The van der Waals surface area contributed by atoms with Gasteiger partial charge < -0.3 is 5.73 Å². The molecule has 0 aliphatic rings. The number of rotatable bonds is 6. The summed E-state index contributed by atoms with van der Waals surface area (Å²) in [7, 11) is 0. The average Bonchev–Trinajstić information content (AvgIpc) is 2.65. The molecule has 0 aliphatic carbocycles. The molecule has 1 heterocycles. The normalized spacial score (nSPS) is 13.1. The SMILES string of the molecule is CCc1nc(CSCC(C)CN)cs1. The molecular weight excluding hydrogens is 212 g/mol. The van der Waals surface area contributed by atoms with Crippen LogP contribution in [0, 0.1) is 5.92 Å². The lowest BCUT2D eigenvalue weighted by Crippen LogP contribution is -2.12. The number of aryl methyl sites for hydroxylation is 1. The van der Waals surface area contributed by atoms with Crippen molar-refractivity contribution >= 4 is 23.1 Å². The van der Waals surface area contributed by atoms with Gasteiger partial charge in [0.2, 0.25) is 0 Å². The fourth-order valence-corrected chi connectivity index (χ4v) is 2.87. The topological polar surface area (TPSA) is 38.9 Å². The molecule has 0 saturated heterocycles. The van der Waals surface area contributed by atoms with Gasteiger partial charge in [0.25, 0.3) is 0 Å². The molecule has 80 valence electrons. The lowest BCUT2D eigenvalue weighted by molar-refractivity contribution is 0.675. The van der Waals surface area contributed by atoms with Crippen LogP contribution in [0.4, 0.5) is 0 Å². The van der Waals surface area contributed by atoms with Gasteiger partial charge in [-0.2, -0.15) is 11.8 Å². The summed E-state index contributed by atoms with van der Waals surface area (Å²) < 4.78 is 0. The van der Waals surface area contributed by atoms with E-state index in [-0.39, 0.29) is 0 Å². The van der Waals surface area contributed by atoms with E-state index in [0.717, 1.165) is 24.5 Å². The van der Waals surface area contributed by atoms with Crippen LogP contribution in [0.15, 0.2) is 5.38 Å². The Balaban J connectivity index is 2.24. The molecule has 2 nitrogen and oxygen atoms in total. The Bertz CT molecular complexity index is 260. The first-order valence-electron chi connectivity index (χ1n) is 4.97. The van der Waals surface area contributed by atoms with Crippen LogP contribution in [0.3, 0.4) is 0 Å². The van der Waals surface area contributed by atoms with E-state index in [1.165, 1.54) is 10.7 Å². The summed E-state index contributed by atoms with van der Waals surface area (Å²) in [5.41, 5.74) is 6.77. The van der Waals surface area contributed by atoms with Crippen molar-refractivity contribution in [3.8, 4) is 0 Å². The number of aromatic nitrogens is 1. The molecule has 0 amide bonds. The van der Waals surface area contributed by atoms with Crippen LogP contribution in [0.5, 0.6) is 0 Å². The van der Waals surface area contributed by atoms with Gasteiger partial charge in [-0.15, -0.1) is 11.3 Å². The zero-order valence-electron chi connectivity index (χ0n) is 8.82. The first-order valence-corrected chi connectivity index (χ1v) is 7.00. The van der Waals surface area contributed by atoms with Gasteiger partial charge in [-0.3, -0.25) is 0 Å². The number of nitrogens with two attached hydrogens (primary N) is 1. The van der Waals surface area contributed by atoms with Gasteiger partial charge in [-0.05, 0) is 24.6 Å². The predicted octanol–water partition coefficient (Wildman–Crippen LogP) is 2.53. The molecule has 2 N–H and O–H groups in total. The zero-order chi connectivity index (χ0) is 10.4. The fraction of sp³-hybridized carbons (Fsp3) is 0.700. The van der Waals surface area contributed by atoms with E-state index >= 15 is 0 Å². The highest BCUT2D eigenvalue weighted by Crippen LogP contribution is 2.17. The summed E-state index contributed by atoms with van der Waals surface area (Å²) in [4.78, 5) is 4.52. The maximum absolute atomic E-state index is 5.55. The van der Waals surface area contributed by atoms with Crippen molar-refractivity contribution < 1.29 is 0 Å². The number of nitrogens with zero attached hydrogens (tertiary/aromatic N) is 1. The molecule has 0 aromatic carbocycles. The number of hydrogen-bond acceptors (Lipinski definition) is 4. The number of thiazole rings is 1. The standard InChI is InChI=1S/C10H18N2S2/c1-3-10-12-9(7-14-10)6-13-5-8(2)4-11/h7-8H,3-6,11H2,1-2H3. The molecule has 1 aromatic heterocycles. The van der Waals surface area contributed by atoms with E-state index in [0.29, 0.717) is 5.92 Å². The highest BCUT2D eigenvalue weighted by molar-refractivity contribution is 7.98. The molecule has 0 fully saturated rings. The monoisotopic (exact) mass is 230 g/mol. The number of thioether (sulfide) groups is 1. The van der Waals surface area contributed by atoms with Crippen molar-refractivity contribution in [1.29, 1.82) is 0 Å². The maximum atomic E-state index is 5.55. The lowest BCUT2D eigenvalue weighted by Gasteiger charge is -2.05. The summed E-state index contributed by atoms with van der Waals surface area (Å²) in [6.07, 6.45) is 1.05. The van der Waals surface area contributed by atoms with Crippen molar-refractivity contribution in [3.05, 3.63) is 16.1 Å². The van der Waals surface area contributed by atoms with Crippen molar-refractivity contribution in [2.24, 2.45) is 11.7 Å². The summed E-state index contributed by atoms with van der Waals surface area (Å²) in [5.74, 6) is 2.78. The maximum Gasteiger partial charge on any atom is 0.0925 e. The second-order valence-corrected chi connectivity index (χ2v) is 5.42. The van der Waals surface area contributed by atoms with Crippen LogP contribution in [-0.2, 0) is 12.2 Å². The van der Waals surface area contributed by atoms with Gasteiger partial charge in [0.05, 0.1) is 10.7 Å². The van der Waals surface area contributed by atoms with E-state index in [9.17, 15) is 0 Å². The highest BCUT2D eigenvalue weighted by atomic mass is 32.2. The fourth-order valence-electron chi connectivity index (χ4n) is 1.01. The third kappa shape index (κ3) is 3.98. The second-order valence-electron chi connectivity index (χ2n) is 3.44. The minimum absolute atomic E-state index is 0.615. The Labute approximate surface area is 94.3 Å². The quantitative estimate of drug-likeness (QED) is 0.816. The Morgan fingerprint density at radius 1 is 1.64 bits per heavy atom. The van der Waals surface area contributed by atoms with Crippen molar-refractivity contribution in [1.82, 2.24) is 4.98 Å². The third-order valence-corrected chi connectivity index (χ3v) is 4.30. The van der Waals surface area contributed by atoms with Gasteiger partial charge in [0.1, 0.15) is 0 Å². The van der Waals surface area contributed by atoms with Crippen molar-refractivity contribution in [2.45, 2.75) is 26.0 Å². The highest BCUT2D eigenvalue weighted by Gasteiger charge is 2.02. The molecule has 1 rings (SSSR count). The summed E-state index contributed by atoms with van der Waals surface area (Å²) >= 11 is 3.69. The predicted molar refractivity (Wildman–Crippen MR) is 65.9 cm³/mol. The van der Waals surface area contributed by atoms with E-state index in [1.54, 1.807) is 11.3 Å². The molecule has 4 heteroatoms. The van der Waals surface area contributed by atoms with Gasteiger partial charge in [-0.1, -0.05) is 13.8 Å². The first kappa shape index (κ1) is 12.0. The van der Waals surface area contributed by atoms with Crippen LogP contribution in [-0.4, -0.2) is 17.3 Å².